The van der Waals surface area contributed by atoms with Gasteiger partial charge in [0, 0.05) is 54.0 Å². The minimum atomic E-state index is -6.65. The molecule has 0 aliphatic rings. The van der Waals surface area contributed by atoms with Gasteiger partial charge >= 0.3 is 0 Å². The molecule has 0 saturated heterocycles. The second-order valence-corrected chi connectivity index (χ2v) is 23.5. The molecule has 13 aromatic carbocycles. The van der Waals surface area contributed by atoms with E-state index >= 15 is 0 Å². The van der Waals surface area contributed by atoms with Crippen molar-refractivity contribution in [2.45, 2.75) is 6.85 Å². The zero-order valence-electron chi connectivity index (χ0n) is 86.9. The van der Waals surface area contributed by atoms with Crippen LogP contribution in [0.3, 0.4) is 0 Å². The van der Waals surface area contributed by atoms with E-state index in [0.29, 0.717) is 16.3 Å². The summed E-state index contributed by atoms with van der Waals surface area (Å²) in [6.07, 6.45) is 4.35. The topological polar surface area (TPSA) is 35.9 Å². The Morgan fingerprint density at radius 2 is 0.978 bits per heavy atom. The number of aryl methyl sites for hydroxylation is 1. The van der Waals surface area contributed by atoms with Crippen molar-refractivity contribution >= 4 is 61.7 Å². The van der Waals surface area contributed by atoms with Gasteiger partial charge in [0.2, 0.25) is 0 Å². The SMILES string of the molecule is [2H]c1c([2H])c([2H])c(-c2cnc(-n3c4[c-]c(Oc5[c-]c(-n6[c-][n+](-c7c(-c8c([2H])c(-c9c([2H])c([2H])c([2H])c([2H])c9[2H])c([2H])c(-c9c([2H])c([2H])c([2H])c([2H])c9[2H])c8[2H])cccc7-c7c([2H])c([2H])c([2H])c([Si](c8c([2H])c([2H])c([2H])c([2H])c8[2H])(c8c([2H])c([2H])c([2H])c([2H])c8[2H])c8c([2H])c([2H])c([2H])c([2H])c8[2H])c7[2H])c7ccccc76)ccc5)ccc4c4ccccc43)cc2C([2H])([2H])[2H])c([2H])c1[2H].[Pt]. The molecular formula is C85H58N4OPtSi-2. The van der Waals surface area contributed by atoms with E-state index in [2.05, 4.69) is 23.4 Å². The van der Waals surface area contributed by atoms with Gasteiger partial charge in [0.05, 0.1) is 67.4 Å². The first-order valence-electron chi connectivity index (χ1n) is 47.6. The second kappa shape index (κ2) is 24.8. The van der Waals surface area contributed by atoms with Crippen LogP contribution in [0, 0.1) is 25.3 Å². The fraction of sp³-hybridized carbons (Fsp3) is 0.0118. The molecule has 3 aromatic heterocycles. The van der Waals surface area contributed by atoms with Gasteiger partial charge in [-0.25, -0.2) is 4.98 Å². The smallest absolute Gasteiger partial charge is 0.268 e. The van der Waals surface area contributed by atoms with Gasteiger partial charge in [-0.1, -0.05) is 272 Å². The Kier molecular flexibility index (Phi) is 7.65. The predicted octanol–water partition coefficient (Wildman–Crippen LogP) is 17.6. The molecular weight excluding hydrogens is 1320 g/mol. The van der Waals surface area contributed by atoms with Gasteiger partial charge in [-0.2, -0.15) is 18.2 Å². The molecule has 0 saturated carbocycles. The van der Waals surface area contributed by atoms with Crippen LogP contribution in [0.4, 0.5) is 0 Å². The molecule has 5 nitrogen and oxygen atoms in total. The van der Waals surface area contributed by atoms with E-state index in [-0.39, 0.29) is 66.2 Å². The molecule has 7 heteroatoms. The Bertz CT molecular complexity index is 7370. The standard InChI is InChI=1S/C85H58N4OSi.Pt/c1-60-51-84(86-58-79(60)63-31-12-4-13-32-63)89-80-46-21-20-43-77(80)78-50-49-70(57-83(78)89)90-69-35-25-34-68(56-69)87-59-88(82-48-23-22-47-81(82)87)85-75(44-26-45-76(85)67-53-65(61-27-8-2-9-28-61)52-66(54-67)62-29-10-3-11-30-62)64-33-24-42-74(55-64)91(71-36-14-5-15-37-71,72-38-16-6-17-39-72)73-40-18-7-19-41-73;/h2-55,58H,1H3;/q-2;/i1D3,2D,3D,4D,5D,6D,7D,8D,9D,10D,11D,12D,13D,14D,15D,16D,17D,18D,19D,24D,27D,28D,29D,30D,31D,32D,33D,36D,37D,38D,39D,40D,41D,42D,52D,53D,54D,55D;. The van der Waals surface area contributed by atoms with Crippen molar-refractivity contribution in [3.63, 3.8) is 0 Å². The van der Waals surface area contributed by atoms with E-state index < -0.39 is 321 Å². The molecule has 92 heavy (non-hydrogen) atoms. The van der Waals surface area contributed by atoms with E-state index in [1.165, 1.54) is 57.7 Å². The molecule has 16 aromatic rings. The zero-order valence-corrected chi connectivity index (χ0v) is 50.2. The minimum Gasteiger partial charge on any atom is -0.510 e. The van der Waals surface area contributed by atoms with Gasteiger partial charge in [0.25, 0.3) is 6.33 Å². The fourth-order valence-electron chi connectivity index (χ4n) is 11.0. The number of nitrogens with zero attached hydrogens (tertiary/aromatic N) is 4. The molecule has 3 heterocycles. The van der Waals surface area contributed by atoms with Crippen LogP contribution in [-0.2, 0) is 21.1 Å². The van der Waals surface area contributed by atoms with Crippen LogP contribution in [0.25, 0.3) is 106 Å². The molecule has 0 aliphatic heterocycles. The fourth-order valence-corrected chi connectivity index (χ4v) is 14.6. The number of benzene rings is 13. The maximum absolute atomic E-state index is 11.1. The predicted molar refractivity (Wildman–Crippen MR) is 375 cm³/mol. The summed E-state index contributed by atoms with van der Waals surface area (Å²) < 4.78 is 384. The van der Waals surface area contributed by atoms with Crippen molar-refractivity contribution in [1.82, 2.24) is 14.1 Å². The number of hydrogen-bond acceptors (Lipinski definition) is 2. The summed E-state index contributed by atoms with van der Waals surface area (Å²) in [5, 5.41) is -3.67. The maximum Gasteiger partial charge on any atom is 0.268 e. The van der Waals surface area contributed by atoms with E-state index in [1.807, 2.05) is 0 Å². The maximum atomic E-state index is 11.1. The summed E-state index contributed by atoms with van der Waals surface area (Å²) in [6.45, 7) is -2.98. The number of rotatable bonds is 14. The van der Waals surface area contributed by atoms with E-state index in [0.717, 1.165) is 18.3 Å². The van der Waals surface area contributed by atoms with Crippen molar-refractivity contribution in [1.29, 1.82) is 0 Å². The first-order chi connectivity index (χ1) is 61.6. The quantitative estimate of drug-likeness (QED) is 0.0471. The van der Waals surface area contributed by atoms with E-state index in [9.17, 15) is 31.5 Å². The molecule has 0 aliphatic carbocycles. The Balaban J connectivity index is 0.0000133. The van der Waals surface area contributed by atoms with Crippen molar-refractivity contribution < 1.29 is 85.2 Å². The van der Waals surface area contributed by atoms with Crippen molar-refractivity contribution in [2.75, 3.05) is 0 Å². The first kappa shape index (κ1) is 28.4. The summed E-state index contributed by atoms with van der Waals surface area (Å²) in [7, 11) is -6.65. The number of ether oxygens (including phenoxy) is 1. The Labute approximate surface area is 607 Å². The third-order valence-electron chi connectivity index (χ3n) is 14.9. The average Bonchev–Trinajstić information content (AvgIpc) is 0.755. The normalized spacial score (nSPS) is 17.7. The van der Waals surface area contributed by atoms with Gasteiger partial charge in [-0.3, -0.25) is 4.57 Å². The monoisotopic (exact) mass is 1410 g/mol. The molecule has 440 valence electrons. The van der Waals surface area contributed by atoms with E-state index in [1.54, 1.807) is 47.0 Å². The van der Waals surface area contributed by atoms with Crippen molar-refractivity contribution in [2.24, 2.45) is 0 Å². The van der Waals surface area contributed by atoms with Crippen LogP contribution in [0.2, 0.25) is 0 Å². The number of pyridine rings is 1. The summed E-state index contributed by atoms with van der Waals surface area (Å²) in [4.78, 5) is 4.66. The molecule has 0 atom stereocenters. The van der Waals surface area contributed by atoms with Gasteiger partial charge in [0.15, 0.2) is 8.07 Å². The summed E-state index contributed by atoms with van der Waals surface area (Å²) in [6, 6.07) is -9.27. The molecule has 0 unspecified atom stereocenters. The van der Waals surface area contributed by atoms with Crippen LogP contribution in [-0.4, -0.2) is 22.2 Å². The van der Waals surface area contributed by atoms with Gasteiger partial charge < -0.3 is 13.9 Å². The number of imidazole rings is 1. The molecule has 0 N–H and O–H groups in total. The van der Waals surface area contributed by atoms with Crippen LogP contribution in [0.1, 0.15) is 60.4 Å². The third kappa shape index (κ3) is 10.4. The van der Waals surface area contributed by atoms with Crippen LogP contribution in [0.15, 0.2) is 333 Å². The van der Waals surface area contributed by atoms with Crippen LogP contribution in [0.5, 0.6) is 11.5 Å². The zero-order chi connectivity index (χ0) is 95.4. The molecule has 0 spiro atoms. The third-order valence-corrected chi connectivity index (χ3v) is 18.9. The second-order valence-electron chi connectivity index (χ2n) is 20.0. The van der Waals surface area contributed by atoms with Gasteiger partial charge in [-0.05, 0) is 125 Å². The minimum absolute atomic E-state index is 0. The Morgan fingerprint density at radius 1 is 0.446 bits per heavy atom. The molecule has 0 amide bonds. The molecule has 0 bridgehead atoms. The van der Waals surface area contributed by atoms with Crippen LogP contribution < -0.4 is 30.1 Å². The summed E-state index contributed by atoms with van der Waals surface area (Å²) >= 11 is 0. The first-order valence-corrected chi connectivity index (χ1v) is 29.6. The van der Waals surface area contributed by atoms with Crippen LogP contribution >= 0.6 is 0 Å². The average molecular weight is 1410 g/mol. The van der Waals surface area contributed by atoms with E-state index in [4.69, 9.17) is 28.0 Å². The molecule has 0 fully saturated rings. The number of aromatic nitrogens is 4. The van der Waals surface area contributed by atoms with Crippen molar-refractivity contribution in [3.8, 4) is 84.3 Å². The molecule has 16 rings (SSSR count). The van der Waals surface area contributed by atoms with Gasteiger partial charge in [-0.15, -0.1) is 29.7 Å². The largest absolute Gasteiger partial charge is 0.510 e. The van der Waals surface area contributed by atoms with Crippen molar-refractivity contribution in [3.05, 3.63) is 357 Å². The number of fused-ring (bicyclic) bond motifs is 4. The number of hydrogen-bond donors (Lipinski definition) is 0. The molecule has 0 radical (unpaired) electrons. The Morgan fingerprint density at radius 3 is 1.62 bits per heavy atom. The Hall–Kier alpha value is -11.0. The number of para-hydroxylation sites is 4. The summed E-state index contributed by atoms with van der Waals surface area (Å²) in [5.41, 5.74) is -7.47. The summed E-state index contributed by atoms with van der Waals surface area (Å²) in [5.74, 6) is -0.104. The van der Waals surface area contributed by atoms with Gasteiger partial charge in [0.1, 0.15) is 5.82 Å².